The summed E-state index contributed by atoms with van der Waals surface area (Å²) in [6.07, 6.45) is 3.91. The number of hydrogen-bond acceptors (Lipinski definition) is 4. The van der Waals surface area contributed by atoms with Crippen LogP contribution in [0.4, 0.5) is 0 Å². The topological polar surface area (TPSA) is 64.9 Å². The van der Waals surface area contributed by atoms with Gasteiger partial charge < -0.3 is 10.3 Å². The molecule has 0 fully saturated rings. The number of nitrogens with two attached hydrogens (primary N) is 1. The molecule has 0 saturated carbocycles. The van der Waals surface area contributed by atoms with Crippen LogP contribution in [0.1, 0.15) is 32.1 Å². The lowest BCUT2D eigenvalue weighted by atomic mass is 9.97. The van der Waals surface area contributed by atoms with Gasteiger partial charge in [0.15, 0.2) is 0 Å². The van der Waals surface area contributed by atoms with Crippen LogP contribution >= 0.6 is 23.2 Å². The van der Waals surface area contributed by atoms with Gasteiger partial charge in [0.25, 0.3) is 0 Å². The molecule has 0 spiro atoms. The lowest BCUT2D eigenvalue weighted by Gasteiger charge is -2.11. The summed E-state index contributed by atoms with van der Waals surface area (Å²) in [5.74, 6) is 1.75. The second-order valence-electron chi connectivity index (χ2n) is 5.06. The number of aryl methyl sites for hydroxylation is 1. The van der Waals surface area contributed by atoms with Gasteiger partial charge in [-0.3, -0.25) is 0 Å². The van der Waals surface area contributed by atoms with Gasteiger partial charge in [-0.25, -0.2) is 0 Å². The van der Waals surface area contributed by atoms with E-state index in [9.17, 15) is 0 Å². The van der Waals surface area contributed by atoms with Gasteiger partial charge in [-0.05, 0) is 43.5 Å². The third-order valence-electron chi connectivity index (χ3n) is 3.51. The van der Waals surface area contributed by atoms with Crippen LogP contribution in [0.25, 0.3) is 11.4 Å². The molecule has 0 saturated heterocycles. The largest absolute Gasteiger partial charge is 0.339 e. The molecule has 1 aromatic carbocycles. The molecule has 2 aromatic rings. The van der Waals surface area contributed by atoms with Crippen molar-refractivity contribution in [3.05, 3.63) is 34.1 Å². The van der Waals surface area contributed by atoms with E-state index in [0.717, 1.165) is 31.2 Å². The molecule has 0 radical (unpaired) electrons. The van der Waals surface area contributed by atoms with Gasteiger partial charge in [-0.2, -0.15) is 4.98 Å². The van der Waals surface area contributed by atoms with Gasteiger partial charge in [-0.15, -0.1) is 0 Å². The van der Waals surface area contributed by atoms with E-state index in [2.05, 4.69) is 17.1 Å². The monoisotopic (exact) mass is 327 g/mol. The average Bonchev–Trinajstić information content (AvgIpc) is 2.91. The number of nitrogens with zero attached hydrogens (tertiary/aromatic N) is 2. The number of rotatable bonds is 7. The summed E-state index contributed by atoms with van der Waals surface area (Å²) >= 11 is 12.0. The second kappa shape index (κ2) is 7.78. The SMILES string of the molecule is CCC(CCN)CCc1nc(-c2cc(Cl)cc(Cl)c2)no1. The lowest BCUT2D eigenvalue weighted by Crippen LogP contribution is -2.09. The van der Waals surface area contributed by atoms with E-state index in [0.29, 0.717) is 34.2 Å². The zero-order valence-electron chi connectivity index (χ0n) is 12.0. The highest BCUT2D eigenvalue weighted by atomic mass is 35.5. The molecular weight excluding hydrogens is 309 g/mol. The molecule has 1 atom stereocenters. The number of halogens is 2. The molecule has 0 aliphatic rings. The van der Waals surface area contributed by atoms with Crippen molar-refractivity contribution in [3.63, 3.8) is 0 Å². The van der Waals surface area contributed by atoms with E-state index >= 15 is 0 Å². The van der Waals surface area contributed by atoms with Crippen LogP contribution in [-0.4, -0.2) is 16.7 Å². The second-order valence-corrected chi connectivity index (χ2v) is 5.93. The Kier molecular flexibility index (Phi) is 6.03. The van der Waals surface area contributed by atoms with Gasteiger partial charge in [0, 0.05) is 22.0 Å². The third-order valence-corrected chi connectivity index (χ3v) is 3.94. The van der Waals surface area contributed by atoms with Gasteiger partial charge >= 0.3 is 0 Å². The highest BCUT2D eigenvalue weighted by Crippen LogP contribution is 2.25. The van der Waals surface area contributed by atoms with Crippen molar-refractivity contribution >= 4 is 23.2 Å². The molecule has 114 valence electrons. The molecule has 0 aliphatic heterocycles. The Balaban J connectivity index is 2.04. The van der Waals surface area contributed by atoms with Crippen LogP contribution in [-0.2, 0) is 6.42 Å². The van der Waals surface area contributed by atoms with E-state index in [1.807, 2.05) is 0 Å². The molecule has 21 heavy (non-hydrogen) atoms. The van der Waals surface area contributed by atoms with Crippen LogP contribution < -0.4 is 5.73 Å². The molecule has 0 amide bonds. The van der Waals surface area contributed by atoms with Crippen LogP contribution in [0, 0.1) is 5.92 Å². The van der Waals surface area contributed by atoms with Crippen molar-refractivity contribution in [3.8, 4) is 11.4 Å². The predicted octanol–water partition coefficient (Wildman–Crippen LogP) is 4.35. The first-order chi connectivity index (χ1) is 10.1. The lowest BCUT2D eigenvalue weighted by molar-refractivity contribution is 0.354. The Labute approximate surface area is 134 Å². The third kappa shape index (κ3) is 4.70. The van der Waals surface area contributed by atoms with E-state index in [-0.39, 0.29) is 0 Å². The Morgan fingerprint density at radius 2 is 1.90 bits per heavy atom. The molecule has 2 rings (SSSR count). The van der Waals surface area contributed by atoms with Crippen LogP contribution in [0.2, 0.25) is 10.0 Å². The van der Waals surface area contributed by atoms with Crippen molar-refractivity contribution in [2.45, 2.75) is 32.6 Å². The molecule has 6 heteroatoms. The predicted molar refractivity (Wildman–Crippen MR) is 85.5 cm³/mol. The molecule has 0 aliphatic carbocycles. The maximum atomic E-state index is 5.98. The molecule has 0 bridgehead atoms. The molecule has 4 nitrogen and oxygen atoms in total. The maximum Gasteiger partial charge on any atom is 0.226 e. The Hall–Kier alpha value is -1.10. The van der Waals surface area contributed by atoms with E-state index in [1.165, 1.54) is 0 Å². The fourth-order valence-electron chi connectivity index (χ4n) is 2.27. The molecule has 1 unspecified atom stereocenters. The van der Waals surface area contributed by atoms with E-state index in [1.54, 1.807) is 18.2 Å². The standard InChI is InChI=1S/C15H19Cl2N3O/c1-2-10(5-6-18)3-4-14-19-15(20-21-14)11-7-12(16)9-13(17)8-11/h7-10H,2-6,18H2,1H3. The van der Waals surface area contributed by atoms with Crippen molar-refractivity contribution in [1.29, 1.82) is 0 Å². The van der Waals surface area contributed by atoms with Crippen molar-refractivity contribution in [2.24, 2.45) is 11.7 Å². The highest BCUT2D eigenvalue weighted by Gasteiger charge is 2.12. The van der Waals surface area contributed by atoms with Gasteiger partial charge in [0.05, 0.1) is 0 Å². The minimum Gasteiger partial charge on any atom is -0.339 e. The summed E-state index contributed by atoms with van der Waals surface area (Å²) < 4.78 is 5.29. The smallest absolute Gasteiger partial charge is 0.226 e. The van der Waals surface area contributed by atoms with Crippen LogP contribution in [0.5, 0.6) is 0 Å². The van der Waals surface area contributed by atoms with Crippen molar-refractivity contribution in [2.75, 3.05) is 6.54 Å². The van der Waals surface area contributed by atoms with E-state index < -0.39 is 0 Å². The highest BCUT2D eigenvalue weighted by molar-refractivity contribution is 6.35. The summed E-state index contributed by atoms with van der Waals surface area (Å²) in [4.78, 5) is 4.40. The van der Waals surface area contributed by atoms with Gasteiger partial charge in [-0.1, -0.05) is 41.7 Å². The summed E-state index contributed by atoms with van der Waals surface area (Å²) in [7, 11) is 0. The molecular formula is C15H19Cl2N3O. The summed E-state index contributed by atoms with van der Waals surface area (Å²) in [6, 6.07) is 5.21. The molecule has 2 N–H and O–H groups in total. The normalized spacial score (nSPS) is 12.6. The maximum absolute atomic E-state index is 5.98. The minimum absolute atomic E-state index is 0.515. The zero-order valence-corrected chi connectivity index (χ0v) is 13.5. The number of benzene rings is 1. The number of hydrogen-bond donors (Lipinski definition) is 1. The summed E-state index contributed by atoms with van der Waals surface area (Å²) in [6.45, 7) is 2.89. The first-order valence-electron chi connectivity index (χ1n) is 7.11. The van der Waals surface area contributed by atoms with Crippen LogP contribution in [0.15, 0.2) is 22.7 Å². The fraction of sp³-hybridized carbons (Fsp3) is 0.467. The summed E-state index contributed by atoms with van der Waals surface area (Å²) in [5, 5.41) is 5.10. The van der Waals surface area contributed by atoms with Gasteiger partial charge in [0.2, 0.25) is 11.7 Å². The first-order valence-corrected chi connectivity index (χ1v) is 7.87. The minimum atomic E-state index is 0.515. The quantitative estimate of drug-likeness (QED) is 0.820. The fourth-order valence-corrected chi connectivity index (χ4v) is 2.80. The average molecular weight is 328 g/mol. The molecule has 1 aromatic heterocycles. The first kappa shape index (κ1) is 16.3. The Morgan fingerprint density at radius 1 is 1.19 bits per heavy atom. The number of aromatic nitrogens is 2. The van der Waals surface area contributed by atoms with Crippen molar-refractivity contribution in [1.82, 2.24) is 10.1 Å². The zero-order chi connectivity index (χ0) is 15.2. The van der Waals surface area contributed by atoms with Crippen molar-refractivity contribution < 1.29 is 4.52 Å². The Morgan fingerprint density at radius 3 is 2.52 bits per heavy atom. The Bertz CT molecular complexity index is 566. The van der Waals surface area contributed by atoms with Crippen LogP contribution in [0.3, 0.4) is 0 Å². The molecule has 1 heterocycles. The van der Waals surface area contributed by atoms with Gasteiger partial charge in [0.1, 0.15) is 0 Å². The van der Waals surface area contributed by atoms with E-state index in [4.69, 9.17) is 33.5 Å². The summed E-state index contributed by atoms with van der Waals surface area (Å²) in [5.41, 5.74) is 6.37.